The van der Waals surface area contributed by atoms with E-state index in [0.29, 0.717) is 24.6 Å². The van der Waals surface area contributed by atoms with Crippen molar-refractivity contribution in [1.82, 2.24) is 24.8 Å². The van der Waals surface area contributed by atoms with Gasteiger partial charge in [0, 0.05) is 18.3 Å². The Labute approximate surface area is 167 Å². The van der Waals surface area contributed by atoms with Crippen LogP contribution in [0, 0.1) is 11.3 Å². The molecule has 0 spiro atoms. The van der Waals surface area contributed by atoms with Crippen LogP contribution in [0.5, 0.6) is 0 Å². The van der Waals surface area contributed by atoms with Crippen molar-refractivity contribution in [2.45, 2.75) is 13.0 Å². The minimum atomic E-state index is 0.214. The number of aromatic amines is 1. The number of morpholine rings is 1. The monoisotopic (exact) mass is 385 g/mol. The zero-order valence-corrected chi connectivity index (χ0v) is 15.9. The molecule has 8 nitrogen and oxygen atoms in total. The van der Waals surface area contributed by atoms with Gasteiger partial charge in [-0.2, -0.15) is 10.4 Å². The zero-order valence-electron chi connectivity index (χ0n) is 15.9. The minimum absolute atomic E-state index is 0.214. The molecular weight excluding hydrogens is 366 g/mol. The second-order valence-corrected chi connectivity index (χ2v) is 7.08. The maximum Gasteiger partial charge on any atom is 0.179 e. The van der Waals surface area contributed by atoms with Crippen molar-refractivity contribution in [1.29, 1.82) is 5.26 Å². The van der Waals surface area contributed by atoms with Gasteiger partial charge in [-0.15, -0.1) is 5.10 Å². The predicted octanol–water partition coefficient (Wildman–Crippen LogP) is 2.88. The molecule has 1 saturated heterocycles. The maximum atomic E-state index is 9.33. The molecule has 0 saturated carbocycles. The lowest BCUT2D eigenvalue weighted by Crippen LogP contribution is -2.44. The van der Waals surface area contributed by atoms with Crippen molar-refractivity contribution < 1.29 is 4.74 Å². The van der Waals surface area contributed by atoms with Crippen molar-refractivity contribution >= 4 is 11.3 Å². The number of imidazole rings is 1. The summed E-state index contributed by atoms with van der Waals surface area (Å²) in [4.78, 5) is 6.84. The summed E-state index contributed by atoms with van der Waals surface area (Å²) in [5.74, 6) is 1.54. The van der Waals surface area contributed by atoms with Crippen molar-refractivity contribution in [3.63, 3.8) is 0 Å². The first-order valence-electron chi connectivity index (χ1n) is 9.48. The van der Waals surface area contributed by atoms with Crippen LogP contribution in [0.4, 0.5) is 5.82 Å². The summed E-state index contributed by atoms with van der Waals surface area (Å²) < 4.78 is 7.44. The molecule has 8 heteroatoms. The van der Waals surface area contributed by atoms with Crippen LogP contribution in [-0.2, 0) is 4.74 Å². The predicted molar refractivity (Wildman–Crippen MR) is 108 cm³/mol. The minimum Gasteiger partial charge on any atom is -0.377 e. The van der Waals surface area contributed by atoms with E-state index < -0.39 is 0 Å². The molecule has 4 aromatic rings. The van der Waals surface area contributed by atoms with E-state index in [4.69, 9.17) is 9.84 Å². The third-order valence-corrected chi connectivity index (χ3v) is 5.20. The molecule has 29 heavy (non-hydrogen) atoms. The quantitative estimate of drug-likeness (QED) is 0.583. The fourth-order valence-electron chi connectivity index (χ4n) is 3.72. The SMILES string of the molecule is CC1COCCN1c1cc(-c2cccc(C#N)c2)c2cnc(-c3ccn[nH]3)n2n1. The van der Waals surface area contributed by atoms with Crippen LogP contribution in [0.3, 0.4) is 0 Å². The van der Waals surface area contributed by atoms with Crippen LogP contribution < -0.4 is 4.90 Å². The molecule has 1 atom stereocenters. The normalized spacial score (nSPS) is 16.8. The summed E-state index contributed by atoms with van der Waals surface area (Å²) in [5, 5.41) is 21.2. The van der Waals surface area contributed by atoms with Gasteiger partial charge < -0.3 is 9.64 Å². The number of ether oxygens (including phenoxy) is 1. The van der Waals surface area contributed by atoms with Crippen LogP contribution >= 0.6 is 0 Å². The van der Waals surface area contributed by atoms with Gasteiger partial charge in [0.25, 0.3) is 0 Å². The lowest BCUT2D eigenvalue weighted by molar-refractivity contribution is 0.0984. The van der Waals surface area contributed by atoms with Gasteiger partial charge in [0.05, 0.1) is 42.6 Å². The molecule has 1 aliphatic heterocycles. The van der Waals surface area contributed by atoms with Crippen LogP contribution in [-0.4, -0.2) is 50.6 Å². The van der Waals surface area contributed by atoms with E-state index in [-0.39, 0.29) is 6.04 Å². The first-order chi connectivity index (χ1) is 14.2. The van der Waals surface area contributed by atoms with Gasteiger partial charge >= 0.3 is 0 Å². The molecule has 0 aliphatic carbocycles. The Balaban J connectivity index is 1.75. The van der Waals surface area contributed by atoms with E-state index in [1.807, 2.05) is 35.0 Å². The molecule has 1 aliphatic rings. The molecule has 4 heterocycles. The van der Waals surface area contributed by atoms with Crippen molar-refractivity contribution in [2.24, 2.45) is 0 Å². The van der Waals surface area contributed by atoms with Crippen molar-refractivity contribution in [3.8, 4) is 28.7 Å². The number of aromatic nitrogens is 5. The van der Waals surface area contributed by atoms with Crippen LogP contribution in [0.25, 0.3) is 28.2 Å². The molecule has 0 bridgehead atoms. The smallest absolute Gasteiger partial charge is 0.179 e. The van der Waals surface area contributed by atoms with E-state index in [1.165, 1.54) is 0 Å². The van der Waals surface area contributed by atoms with Gasteiger partial charge in [-0.05, 0) is 36.8 Å². The highest BCUT2D eigenvalue weighted by molar-refractivity contribution is 5.83. The Morgan fingerprint density at radius 2 is 2.21 bits per heavy atom. The lowest BCUT2D eigenvalue weighted by atomic mass is 10.0. The van der Waals surface area contributed by atoms with Crippen molar-refractivity contribution in [2.75, 3.05) is 24.7 Å². The number of nitrogens with zero attached hydrogens (tertiary/aromatic N) is 6. The van der Waals surface area contributed by atoms with Gasteiger partial charge in [-0.1, -0.05) is 12.1 Å². The summed E-state index contributed by atoms with van der Waals surface area (Å²) in [5.41, 5.74) is 4.21. The highest BCUT2D eigenvalue weighted by Crippen LogP contribution is 2.31. The number of hydrogen-bond acceptors (Lipinski definition) is 6. The summed E-state index contributed by atoms with van der Waals surface area (Å²) in [6.45, 7) is 4.23. The molecule has 0 amide bonds. The number of benzene rings is 1. The molecule has 0 radical (unpaired) electrons. The van der Waals surface area contributed by atoms with E-state index in [9.17, 15) is 5.26 Å². The van der Waals surface area contributed by atoms with Gasteiger partial charge in [0.1, 0.15) is 5.69 Å². The van der Waals surface area contributed by atoms with Gasteiger partial charge in [0.2, 0.25) is 0 Å². The average Bonchev–Trinajstić information content (AvgIpc) is 3.43. The summed E-state index contributed by atoms with van der Waals surface area (Å²) in [6, 6.07) is 14.0. The molecule has 3 aromatic heterocycles. The number of nitrogens with one attached hydrogen (secondary N) is 1. The number of anilines is 1. The van der Waals surface area contributed by atoms with Gasteiger partial charge in [-0.3, -0.25) is 5.10 Å². The van der Waals surface area contributed by atoms with Crippen molar-refractivity contribution in [3.05, 3.63) is 54.4 Å². The first kappa shape index (κ1) is 17.4. The first-order valence-corrected chi connectivity index (χ1v) is 9.48. The number of rotatable bonds is 3. The van der Waals surface area contributed by atoms with E-state index in [1.54, 1.807) is 12.3 Å². The highest BCUT2D eigenvalue weighted by atomic mass is 16.5. The summed E-state index contributed by atoms with van der Waals surface area (Å²) in [7, 11) is 0. The Morgan fingerprint density at radius 3 is 3.00 bits per heavy atom. The van der Waals surface area contributed by atoms with Gasteiger partial charge in [-0.25, -0.2) is 9.50 Å². The standard InChI is InChI=1S/C21H19N7O/c1-14-13-29-8-7-27(14)20-10-17(16-4-2-3-15(9-16)11-22)19-12-23-21(28(19)26-20)18-5-6-24-25-18/h2-6,9-10,12,14H,7-8,13H2,1H3,(H,24,25). The van der Waals surface area contributed by atoms with E-state index in [0.717, 1.165) is 34.7 Å². The van der Waals surface area contributed by atoms with Crippen LogP contribution in [0.15, 0.2) is 48.8 Å². The Hall–Kier alpha value is -3.70. The average molecular weight is 385 g/mol. The number of fused-ring (bicyclic) bond motifs is 1. The molecular formula is C21H19N7O. The third kappa shape index (κ3) is 3.02. The second-order valence-electron chi connectivity index (χ2n) is 7.08. The summed E-state index contributed by atoms with van der Waals surface area (Å²) >= 11 is 0. The zero-order chi connectivity index (χ0) is 19.8. The van der Waals surface area contributed by atoms with Crippen LogP contribution in [0.2, 0.25) is 0 Å². The number of hydrogen-bond donors (Lipinski definition) is 1. The Morgan fingerprint density at radius 1 is 1.28 bits per heavy atom. The van der Waals surface area contributed by atoms with E-state index in [2.05, 4.69) is 39.1 Å². The number of nitriles is 1. The Kier molecular flexibility index (Phi) is 4.22. The molecule has 5 rings (SSSR count). The van der Waals surface area contributed by atoms with Crippen LogP contribution in [0.1, 0.15) is 12.5 Å². The Bertz CT molecular complexity index is 1210. The molecule has 1 N–H and O–H groups in total. The fourth-order valence-corrected chi connectivity index (χ4v) is 3.72. The maximum absolute atomic E-state index is 9.33. The molecule has 144 valence electrons. The number of H-pyrrole nitrogens is 1. The fraction of sp³-hybridized carbons (Fsp3) is 0.238. The third-order valence-electron chi connectivity index (χ3n) is 5.20. The summed E-state index contributed by atoms with van der Waals surface area (Å²) in [6.07, 6.45) is 3.51. The second kappa shape index (κ2) is 7.04. The molecule has 1 fully saturated rings. The molecule has 1 aromatic carbocycles. The van der Waals surface area contributed by atoms with E-state index >= 15 is 0 Å². The highest BCUT2D eigenvalue weighted by Gasteiger charge is 2.23. The molecule has 1 unspecified atom stereocenters. The lowest BCUT2D eigenvalue weighted by Gasteiger charge is -2.34. The topological polar surface area (TPSA) is 95.1 Å². The van der Waals surface area contributed by atoms with Gasteiger partial charge in [0.15, 0.2) is 11.6 Å². The largest absolute Gasteiger partial charge is 0.377 e.